The molecular weight excluding hydrogens is 479 g/mol. The van der Waals surface area contributed by atoms with Crippen molar-refractivity contribution in [1.29, 1.82) is 0 Å². The monoisotopic (exact) mass is 520 g/mol. The van der Waals surface area contributed by atoms with Gasteiger partial charge in [-0.25, -0.2) is 19.2 Å². The maximum absolute atomic E-state index is 14.4. The number of rotatable bonds is 17. The molecule has 0 aliphatic heterocycles. The van der Waals surface area contributed by atoms with Crippen molar-refractivity contribution in [3.05, 3.63) is 71.8 Å². The number of esters is 1. The number of carbonyl (C=O) groups excluding carboxylic acids is 1. The summed E-state index contributed by atoms with van der Waals surface area (Å²) in [4.78, 5) is 21.5. The molecule has 38 heavy (non-hydrogen) atoms. The molecule has 1 aromatic heterocycles. The van der Waals surface area contributed by atoms with Crippen LogP contribution >= 0.6 is 0 Å². The van der Waals surface area contributed by atoms with E-state index in [1.165, 1.54) is 57.1 Å². The van der Waals surface area contributed by atoms with Crippen molar-refractivity contribution in [3.63, 3.8) is 0 Å². The topological polar surface area (TPSA) is 61.3 Å². The second-order valence-electron chi connectivity index (χ2n) is 9.75. The maximum Gasteiger partial charge on any atom is 0.343 e. The van der Waals surface area contributed by atoms with Gasteiger partial charge >= 0.3 is 5.97 Å². The number of unbranched alkanes of at least 4 members (excludes halogenated alkanes) is 9. The molecule has 3 aromatic rings. The van der Waals surface area contributed by atoms with Gasteiger partial charge in [0.2, 0.25) is 0 Å². The number of benzene rings is 2. The standard InChI is InChI=1S/C32H41FN2O3/c1-3-5-7-9-10-12-14-25-23-34-31(35-24-25)26-15-18-28(19-16-26)38-32(36)27-17-20-30(29(33)22-27)37-21-13-11-8-6-4-2/h15-20,22-24H,3-14,21H2,1-2H3. The van der Waals surface area contributed by atoms with Crippen LogP contribution in [0.5, 0.6) is 11.5 Å². The Labute approximate surface area is 226 Å². The first-order valence-corrected chi connectivity index (χ1v) is 14.2. The third-order valence-corrected chi connectivity index (χ3v) is 6.52. The molecule has 0 N–H and O–H groups in total. The minimum absolute atomic E-state index is 0.131. The number of ether oxygens (including phenoxy) is 2. The van der Waals surface area contributed by atoms with Gasteiger partial charge in [-0.15, -0.1) is 0 Å². The van der Waals surface area contributed by atoms with Crippen molar-refractivity contribution in [1.82, 2.24) is 9.97 Å². The summed E-state index contributed by atoms with van der Waals surface area (Å²) >= 11 is 0. The lowest BCUT2D eigenvalue weighted by Gasteiger charge is -2.09. The molecule has 0 unspecified atom stereocenters. The summed E-state index contributed by atoms with van der Waals surface area (Å²) in [5, 5.41) is 0. The molecule has 5 nitrogen and oxygen atoms in total. The summed E-state index contributed by atoms with van der Waals surface area (Å²) in [6, 6.07) is 11.2. The zero-order valence-electron chi connectivity index (χ0n) is 22.9. The predicted octanol–water partition coefficient (Wildman–Crippen LogP) is 8.75. The van der Waals surface area contributed by atoms with E-state index in [4.69, 9.17) is 9.47 Å². The Balaban J connectivity index is 1.46. The van der Waals surface area contributed by atoms with Crippen LogP contribution in [-0.2, 0) is 6.42 Å². The lowest BCUT2D eigenvalue weighted by Crippen LogP contribution is -2.09. The third-order valence-electron chi connectivity index (χ3n) is 6.52. The highest BCUT2D eigenvalue weighted by atomic mass is 19.1. The maximum atomic E-state index is 14.4. The minimum Gasteiger partial charge on any atom is -0.491 e. The zero-order chi connectivity index (χ0) is 27.0. The van der Waals surface area contributed by atoms with E-state index in [1.807, 2.05) is 24.5 Å². The van der Waals surface area contributed by atoms with Crippen LogP contribution in [0.4, 0.5) is 4.39 Å². The molecule has 3 rings (SSSR count). The molecule has 0 spiro atoms. The average molecular weight is 521 g/mol. The van der Waals surface area contributed by atoms with E-state index in [1.54, 1.807) is 12.1 Å². The van der Waals surface area contributed by atoms with Crippen LogP contribution in [0.1, 0.15) is 100 Å². The average Bonchev–Trinajstić information content (AvgIpc) is 2.94. The molecule has 6 heteroatoms. The van der Waals surface area contributed by atoms with Crippen molar-refractivity contribution >= 4 is 5.97 Å². The fraction of sp³-hybridized carbons (Fsp3) is 0.469. The normalized spacial score (nSPS) is 10.9. The van der Waals surface area contributed by atoms with Crippen molar-refractivity contribution < 1.29 is 18.7 Å². The van der Waals surface area contributed by atoms with Crippen LogP contribution in [0.3, 0.4) is 0 Å². The van der Waals surface area contributed by atoms with Gasteiger partial charge in [-0.2, -0.15) is 0 Å². The number of nitrogens with zero attached hydrogens (tertiary/aromatic N) is 2. The Morgan fingerprint density at radius 2 is 1.42 bits per heavy atom. The predicted molar refractivity (Wildman–Crippen MR) is 150 cm³/mol. The lowest BCUT2D eigenvalue weighted by molar-refractivity contribution is 0.0734. The highest BCUT2D eigenvalue weighted by Gasteiger charge is 2.13. The highest BCUT2D eigenvalue weighted by Crippen LogP contribution is 2.23. The number of carbonyl (C=O) groups is 1. The molecule has 0 saturated heterocycles. The van der Waals surface area contributed by atoms with Gasteiger partial charge < -0.3 is 9.47 Å². The van der Waals surface area contributed by atoms with Gasteiger partial charge in [0.15, 0.2) is 17.4 Å². The van der Waals surface area contributed by atoms with E-state index < -0.39 is 11.8 Å². The van der Waals surface area contributed by atoms with Crippen LogP contribution in [0.2, 0.25) is 0 Å². The Bertz CT molecular complexity index is 1100. The van der Waals surface area contributed by atoms with E-state index in [0.717, 1.165) is 49.3 Å². The van der Waals surface area contributed by atoms with Crippen LogP contribution in [0, 0.1) is 5.82 Å². The SMILES string of the molecule is CCCCCCCCc1cnc(-c2ccc(OC(=O)c3ccc(OCCCCCCC)c(F)c3)cc2)nc1. The fourth-order valence-corrected chi connectivity index (χ4v) is 4.21. The second kappa shape index (κ2) is 16.5. The summed E-state index contributed by atoms with van der Waals surface area (Å²) < 4.78 is 25.4. The van der Waals surface area contributed by atoms with E-state index in [9.17, 15) is 9.18 Å². The Morgan fingerprint density at radius 3 is 2.08 bits per heavy atom. The Kier molecular flexibility index (Phi) is 12.7. The van der Waals surface area contributed by atoms with E-state index in [-0.39, 0.29) is 11.3 Å². The molecule has 2 aromatic carbocycles. The summed E-state index contributed by atoms with van der Waals surface area (Å²) in [7, 11) is 0. The van der Waals surface area contributed by atoms with Gasteiger partial charge in [0, 0.05) is 18.0 Å². The Morgan fingerprint density at radius 1 is 0.789 bits per heavy atom. The number of hydrogen-bond donors (Lipinski definition) is 0. The Hall–Kier alpha value is -3.28. The lowest BCUT2D eigenvalue weighted by atomic mass is 10.1. The molecule has 0 radical (unpaired) electrons. The van der Waals surface area contributed by atoms with Gasteiger partial charge in [-0.3, -0.25) is 0 Å². The van der Waals surface area contributed by atoms with Crippen LogP contribution in [0.25, 0.3) is 11.4 Å². The summed E-state index contributed by atoms with van der Waals surface area (Å²) in [6.45, 7) is 4.86. The van der Waals surface area contributed by atoms with E-state index in [0.29, 0.717) is 18.2 Å². The quantitative estimate of drug-likeness (QED) is 0.101. The number of halogens is 1. The van der Waals surface area contributed by atoms with Crippen molar-refractivity contribution in [2.24, 2.45) is 0 Å². The largest absolute Gasteiger partial charge is 0.491 e. The van der Waals surface area contributed by atoms with Gasteiger partial charge in [-0.1, -0.05) is 71.6 Å². The van der Waals surface area contributed by atoms with Crippen LogP contribution in [0.15, 0.2) is 54.9 Å². The molecule has 0 aliphatic carbocycles. The number of aromatic nitrogens is 2. The van der Waals surface area contributed by atoms with Crippen molar-refractivity contribution in [2.45, 2.75) is 90.9 Å². The molecule has 0 aliphatic rings. The van der Waals surface area contributed by atoms with Crippen molar-refractivity contribution in [3.8, 4) is 22.9 Å². The number of hydrogen-bond acceptors (Lipinski definition) is 5. The molecule has 0 amide bonds. The van der Waals surface area contributed by atoms with E-state index >= 15 is 0 Å². The third kappa shape index (κ3) is 9.88. The summed E-state index contributed by atoms with van der Waals surface area (Å²) in [5.74, 6) is -0.0539. The summed E-state index contributed by atoms with van der Waals surface area (Å²) in [5.41, 5.74) is 2.11. The molecule has 1 heterocycles. The van der Waals surface area contributed by atoms with E-state index in [2.05, 4.69) is 23.8 Å². The first kappa shape index (κ1) is 29.3. The van der Waals surface area contributed by atoms with Crippen LogP contribution < -0.4 is 9.47 Å². The van der Waals surface area contributed by atoms with Gasteiger partial charge in [0.25, 0.3) is 0 Å². The van der Waals surface area contributed by atoms with Gasteiger partial charge in [0.1, 0.15) is 5.75 Å². The molecule has 0 fully saturated rings. The van der Waals surface area contributed by atoms with Gasteiger partial charge in [-0.05, 0) is 67.3 Å². The molecule has 0 saturated carbocycles. The number of aryl methyl sites for hydroxylation is 1. The molecule has 204 valence electrons. The fourth-order valence-electron chi connectivity index (χ4n) is 4.21. The van der Waals surface area contributed by atoms with Gasteiger partial charge in [0.05, 0.1) is 12.2 Å². The zero-order valence-corrected chi connectivity index (χ0v) is 22.9. The smallest absolute Gasteiger partial charge is 0.343 e. The van der Waals surface area contributed by atoms with Crippen molar-refractivity contribution in [2.75, 3.05) is 6.61 Å². The molecule has 0 atom stereocenters. The first-order valence-electron chi connectivity index (χ1n) is 14.2. The van der Waals surface area contributed by atoms with Crippen LogP contribution in [-0.4, -0.2) is 22.5 Å². The second-order valence-corrected chi connectivity index (χ2v) is 9.75. The summed E-state index contributed by atoms with van der Waals surface area (Å²) in [6.07, 6.45) is 17.8. The molecule has 0 bridgehead atoms. The minimum atomic E-state index is -0.627. The highest BCUT2D eigenvalue weighted by molar-refractivity contribution is 5.91. The first-order chi connectivity index (χ1) is 18.6. The molecular formula is C32H41FN2O3.